The molecule has 1 saturated carbocycles. The minimum Gasteiger partial charge on any atom is -0.493 e. The predicted octanol–water partition coefficient (Wildman–Crippen LogP) is 4.87. The maximum absolute atomic E-state index is 5.84. The summed E-state index contributed by atoms with van der Waals surface area (Å²) in [5.41, 5.74) is 4.49. The molecule has 0 spiro atoms. The first-order valence-electron chi connectivity index (χ1n) is 12.8. The molecule has 0 atom stereocenters. The Labute approximate surface area is 204 Å². The van der Waals surface area contributed by atoms with Crippen LogP contribution >= 0.6 is 0 Å². The quantitative estimate of drug-likeness (QED) is 0.466. The summed E-state index contributed by atoms with van der Waals surface area (Å²) in [5, 5.41) is 6.97. The highest BCUT2D eigenvalue weighted by molar-refractivity contribution is 5.62. The molecule has 0 aliphatic heterocycles. The standard InChI is InChI=1S/C28H39N5O/c1-21(30-22-12-6-4-7-13-22)20-33(3)28-24-16-10-17-25(24)31-27(32-28)26(29-2)18-11-19-34-23-14-8-5-9-15-23/h5,8-9,14-15,18,22,29-30H,1,4,6-7,10-13,16-17,19-20H2,2-3H3/b26-18-. The number of hydrogen-bond acceptors (Lipinski definition) is 6. The lowest BCUT2D eigenvalue weighted by Gasteiger charge is -2.28. The van der Waals surface area contributed by atoms with E-state index in [4.69, 9.17) is 14.7 Å². The Morgan fingerprint density at radius 2 is 1.91 bits per heavy atom. The second kappa shape index (κ2) is 11.9. The summed E-state index contributed by atoms with van der Waals surface area (Å²) in [7, 11) is 4.05. The lowest BCUT2D eigenvalue weighted by atomic mass is 9.95. The van der Waals surface area contributed by atoms with Gasteiger partial charge in [-0.2, -0.15) is 0 Å². The van der Waals surface area contributed by atoms with Crippen LogP contribution in [-0.4, -0.2) is 43.3 Å². The van der Waals surface area contributed by atoms with Gasteiger partial charge < -0.3 is 20.3 Å². The Balaban J connectivity index is 1.44. The van der Waals surface area contributed by atoms with Crippen molar-refractivity contribution in [3.05, 3.63) is 65.8 Å². The number of nitrogens with one attached hydrogen (secondary N) is 2. The first-order chi connectivity index (χ1) is 16.6. The number of para-hydroxylation sites is 1. The molecule has 0 saturated heterocycles. The Morgan fingerprint density at radius 1 is 1.12 bits per heavy atom. The summed E-state index contributed by atoms with van der Waals surface area (Å²) in [6.07, 6.45) is 12.6. The molecule has 2 aromatic rings. The van der Waals surface area contributed by atoms with Crippen molar-refractivity contribution >= 4 is 11.5 Å². The van der Waals surface area contributed by atoms with Crippen LogP contribution in [-0.2, 0) is 12.8 Å². The third-order valence-corrected chi connectivity index (χ3v) is 6.70. The van der Waals surface area contributed by atoms with Crippen LogP contribution in [0.15, 0.2) is 48.7 Å². The van der Waals surface area contributed by atoms with E-state index in [0.29, 0.717) is 12.6 Å². The normalized spacial score (nSPS) is 16.1. The smallest absolute Gasteiger partial charge is 0.177 e. The van der Waals surface area contributed by atoms with Crippen LogP contribution in [0, 0.1) is 0 Å². The SMILES string of the molecule is C=C(CN(C)c1nc(/C(=C/CCOc2ccccc2)NC)nc2c1CCC2)NC1CCCCC1. The number of fused-ring (bicyclic) bond motifs is 1. The Kier molecular flexibility index (Phi) is 8.45. The summed E-state index contributed by atoms with van der Waals surface area (Å²) in [6.45, 7) is 5.69. The number of likely N-dealkylation sites (N-methyl/N-ethyl adjacent to an activating group) is 1. The monoisotopic (exact) mass is 461 g/mol. The van der Waals surface area contributed by atoms with Gasteiger partial charge in [-0.25, -0.2) is 9.97 Å². The van der Waals surface area contributed by atoms with Crippen LogP contribution in [0.1, 0.15) is 62.0 Å². The van der Waals surface area contributed by atoms with Crippen molar-refractivity contribution in [1.82, 2.24) is 20.6 Å². The molecule has 1 aromatic heterocycles. The van der Waals surface area contributed by atoms with Gasteiger partial charge in [-0.15, -0.1) is 0 Å². The Hall–Kier alpha value is -3.02. The van der Waals surface area contributed by atoms with Crippen molar-refractivity contribution in [2.75, 3.05) is 32.1 Å². The molecule has 0 unspecified atom stereocenters. The number of aryl methyl sites for hydroxylation is 1. The third-order valence-electron chi connectivity index (χ3n) is 6.70. The number of rotatable bonds is 11. The number of benzene rings is 1. The molecule has 0 amide bonds. The first-order valence-corrected chi connectivity index (χ1v) is 12.8. The number of aromatic nitrogens is 2. The highest BCUT2D eigenvalue weighted by Crippen LogP contribution is 2.30. The maximum Gasteiger partial charge on any atom is 0.177 e. The molecule has 1 aromatic carbocycles. The van der Waals surface area contributed by atoms with E-state index in [2.05, 4.69) is 35.2 Å². The zero-order valence-corrected chi connectivity index (χ0v) is 20.8. The molecule has 1 fully saturated rings. The van der Waals surface area contributed by atoms with E-state index < -0.39 is 0 Å². The summed E-state index contributed by atoms with van der Waals surface area (Å²) >= 11 is 0. The maximum atomic E-state index is 5.84. The second-order valence-corrected chi connectivity index (χ2v) is 9.41. The predicted molar refractivity (Wildman–Crippen MR) is 140 cm³/mol. The lowest BCUT2D eigenvalue weighted by Crippen LogP contribution is -2.35. The Bertz CT molecular complexity index is 982. The third kappa shape index (κ3) is 6.31. The molecule has 2 aliphatic carbocycles. The second-order valence-electron chi connectivity index (χ2n) is 9.41. The van der Waals surface area contributed by atoms with Gasteiger partial charge in [0, 0.05) is 43.5 Å². The van der Waals surface area contributed by atoms with Crippen molar-refractivity contribution < 1.29 is 4.74 Å². The number of anilines is 1. The molecule has 4 rings (SSSR count). The lowest BCUT2D eigenvalue weighted by molar-refractivity contribution is 0.325. The van der Waals surface area contributed by atoms with Crippen LogP contribution in [0.25, 0.3) is 5.70 Å². The summed E-state index contributed by atoms with van der Waals surface area (Å²) in [5.74, 6) is 2.68. The minimum absolute atomic E-state index is 0.568. The minimum atomic E-state index is 0.568. The largest absolute Gasteiger partial charge is 0.493 e. The molecule has 0 bridgehead atoms. The van der Waals surface area contributed by atoms with E-state index in [-0.39, 0.29) is 0 Å². The van der Waals surface area contributed by atoms with E-state index in [1.54, 1.807) is 0 Å². The van der Waals surface area contributed by atoms with Crippen molar-refractivity contribution in [3.8, 4) is 5.75 Å². The first kappa shape index (κ1) is 24.1. The zero-order chi connectivity index (χ0) is 23.8. The molecule has 6 heteroatoms. The van der Waals surface area contributed by atoms with Crippen LogP contribution in [0.4, 0.5) is 5.82 Å². The van der Waals surface area contributed by atoms with Crippen molar-refractivity contribution in [2.45, 2.75) is 63.8 Å². The van der Waals surface area contributed by atoms with Crippen LogP contribution in [0.5, 0.6) is 5.75 Å². The van der Waals surface area contributed by atoms with Crippen LogP contribution in [0.3, 0.4) is 0 Å². The van der Waals surface area contributed by atoms with E-state index in [9.17, 15) is 0 Å². The fraction of sp³-hybridized carbons (Fsp3) is 0.500. The van der Waals surface area contributed by atoms with Crippen molar-refractivity contribution in [3.63, 3.8) is 0 Å². The average molecular weight is 462 g/mol. The molecule has 2 N–H and O–H groups in total. The molecule has 0 radical (unpaired) electrons. The molecule has 182 valence electrons. The fourth-order valence-electron chi connectivity index (χ4n) is 4.99. The van der Waals surface area contributed by atoms with Crippen LogP contribution in [0.2, 0.25) is 0 Å². The summed E-state index contributed by atoms with van der Waals surface area (Å²) in [4.78, 5) is 12.2. The molecule has 1 heterocycles. The van der Waals surface area contributed by atoms with Gasteiger partial charge in [0.1, 0.15) is 11.6 Å². The zero-order valence-electron chi connectivity index (χ0n) is 20.8. The van der Waals surface area contributed by atoms with Gasteiger partial charge in [-0.1, -0.05) is 50.1 Å². The van der Waals surface area contributed by atoms with Gasteiger partial charge >= 0.3 is 0 Å². The Morgan fingerprint density at radius 3 is 2.68 bits per heavy atom. The molecule has 34 heavy (non-hydrogen) atoms. The van der Waals surface area contributed by atoms with Gasteiger partial charge in [-0.05, 0) is 44.2 Å². The molecular formula is C28H39N5O. The van der Waals surface area contributed by atoms with Crippen molar-refractivity contribution in [1.29, 1.82) is 0 Å². The number of nitrogens with zero attached hydrogens (tertiary/aromatic N) is 3. The van der Waals surface area contributed by atoms with E-state index in [1.807, 2.05) is 37.4 Å². The number of hydrogen-bond donors (Lipinski definition) is 2. The van der Waals surface area contributed by atoms with Gasteiger partial charge in [0.2, 0.25) is 0 Å². The van der Waals surface area contributed by atoms with E-state index >= 15 is 0 Å². The summed E-state index contributed by atoms with van der Waals surface area (Å²) in [6, 6.07) is 10.5. The molecule has 2 aliphatic rings. The van der Waals surface area contributed by atoms with E-state index in [1.165, 1.54) is 43.4 Å². The summed E-state index contributed by atoms with van der Waals surface area (Å²) < 4.78 is 5.84. The van der Waals surface area contributed by atoms with Gasteiger partial charge in [0.05, 0.1) is 18.8 Å². The highest BCUT2D eigenvalue weighted by atomic mass is 16.5. The van der Waals surface area contributed by atoms with Crippen LogP contribution < -0.4 is 20.3 Å². The fourth-order valence-corrected chi connectivity index (χ4v) is 4.99. The van der Waals surface area contributed by atoms with Gasteiger partial charge in [0.15, 0.2) is 5.82 Å². The molecule has 6 nitrogen and oxygen atoms in total. The van der Waals surface area contributed by atoms with E-state index in [0.717, 1.165) is 61.0 Å². The van der Waals surface area contributed by atoms with Gasteiger partial charge in [-0.3, -0.25) is 0 Å². The number of ether oxygens (including phenoxy) is 1. The van der Waals surface area contributed by atoms with Gasteiger partial charge in [0.25, 0.3) is 0 Å². The van der Waals surface area contributed by atoms with Crippen molar-refractivity contribution in [2.24, 2.45) is 0 Å². The average Bonchev–Trinajstić information content (AvgIpc) is 3.33. The highest BCUT2D eigenvalue weighted by Gasteiger charge is 2.23. The molecular weight excluding hydrogens is 422 g/mol. The topological polar surface area (TPSA) is 62.3 Å².